The third-order valence-electron chi connectivity index (χ3n) is 3.61. The number of hydrogen-bond donors (Lipinski definition) is 1. The van der Waals surface area contributed by atoms with E-state index >= 15 is 0 Å². The summed E-state index contributed by atoms with van der Waals surface area (Å²) in [7, 11) is 3.14. The molecule has 80 valence electrons. The molecule has 1 aliphatic heterocycles. The molecule has 2 aliphatic rings. The summed E-state index contributed by atoms with van der Waals surface area (Å²) in [5, 5.41) is 3.32. The Kier molecular flexibility index (Phi) is 2.74. The first-order valence-corrected chi connectivity index (χ1v) is 5.07. The van der Waals surface area contributed by atoms with Crippen molar-refractivity contribution in [3.05, 3.63) is 0 Å². The fraction of sp³-hybridized carbons (Fsp3) is 0.900. The first-order chi connectivity index (χ1) is 6.79. The molecule has 2 fully saturated rings. The highest BCUT2D eigenvalue weighted by molar-refractivity contribution is 5.74. The van der Waals surface area contributed by atoms with Gasteiger partial charge in [0.2, 0.25) is 0 Å². The van der Waals surface area contributed by atoms with Crippen molar-refractivity contribution in [2.75, 3.05) is 33.9 Å². The number of carbonyl (C=O) groups excluding carboxylic acids is 1. The van der Waals surface area contributed by atoms with Crippen LogP contribution in [0.3, 0.4) is 0 Å². The van der Waals surface area contributed by atoms with Crippen LogP contribution >= 0.6 is 0 Å². The maximum absolute atomic E-state index is 11.5. The number of fused-ring (bicyclic) bond motifs is 1. The molecule has 1 saturated carbocycles. The van der Waals surface area contributed by atoms with E-state index in [2.05, 4.69) is 5.32 Å². The van der Waals surface area contributed by atoms with E-state index < -0.39 is 0 Å². The van der Waals surface area contributed by atoms with Gasteiger partial charge in [0.05, 0.1) is 19.6 Å². The highest BCUT2D eigenvalue weighted by Crippen LogP contribution is 2.48. The SMILES string of the molecule is COC[C@@H]1[C@H]2CNC[C@H]2[C@@H]1C(=O)OC. The number of hydrogen-bond acceptors (Lipinski definition) is 4. The van der Waals surface area contributed by atoms with E-state index in [0.29, 0.717) is 24.4 Å². The monoisotopic (exact) mass is 199 g/mol. The summed E-state index contributed by atoms with van der Waals surface area (Å²) in [5.41, 5.74) is 0. The van der Waals surface area contributed by atoms with E-state index in [1.54, 1.807) is 7.11 Å². The minimum absolute atomic E-state index is 0.0555. The Labute approximate surface area is 84.0 Å². The summed E-state index contributed by atoms with van der Waals surface area (Å²) < 4.78 is 9.96. The van der Waals surface area contributed by atoms with Crippen molar-refractivity contribution >= 4 is 5.97 Å². The Balaban J connectivity index is 2.03. The Morgan fingerprint density at radius 1 is 1.36 bits per heavy atom. The average molecular weight is 199 g/mol. The van der Waals surface area contributed by atoms with Crippen LogP contribution < -0.4 is 5.32 Å². The Morgan fingerprint density at radius 3 is 2.71 bits per heavy atom. The summed E-state index contributed by atoms with van der Waals surface area (Å²) in [5.74, 6) is 1.42. The molecule has 0 bridgehead atoms. The Bertz CT molecular complexity index is 231. The Hall–Kier alpha value is -0.610. The van der Waals surface area contributed by atoms with Crippen LogP contribution in [0.2, 0.25) is 0 Å². The van der Waals surface area contributed by atoms with Gasteiger partial charge in [-0.25, -0.2) is 0 Å². The maximum atomic E-state index is 11.5. The van der Waals surface area contributed by atoms with Crippen LogP contribution in [-0.2, 0) is 14.3 Å². The molecule has 4 heteroatoms. The predicted octanol–water partition coefficient (Wildman–Crippen LogP) is -0.113. The lowest BCUT2D eigenvalue weighted by Gasteiger charge is -2.46. The number of esters is 1. The second-order valence-corrected chi connectivity index (χ2v) is 4.15. The number of ether oxygens (including phenoxy) is 2. The highest BCUT2D eigenvalue weighted by atomic mass is 16.5. The van der Waals surface area contributed by atoms with Gasteiger partial charge in [-0.15, -0.1) is 0 Å². The third kappa shape index (κ3) is 1.33. The standard InChI is InChI=1S/C10H17NO3/c1-13-5-8-6-3-11-4-7(6)9(8)10(12)14-2/h6-9,11H,3-5H2,1-2H3/t6-,7+,8+,9-/m0/s1. The molecule has 0 amide bonds. The largest absolute Gasteiger partial charge is 0.469 e. The van der Waals surface area contributed by atoms with E-state index in [0.717, 1.165) is 13.1 Å². The smallest absolute Gasteiger partial charge is 0.309 e. The molecule has 14 heavy (non-hydrogen) atoms. The van der Waals surface area contributed by atoms with Gasteiger partial charge >= 0.3 is 5.97 Å². The fourth-order valence-corrected chi connectivity index (χ4v) is 2.93. The number of methoxy groups -OCH3 is 2. The van der Waals surface area contributed by atoms with Crippen LogP contribution in [0.25, 0.3) is 0 Å². The van der Waals surface area contributed by atoms with Crippen LogP contribution in [0.1, 0.15) is 0 Å². The van der Waals surface area contributed by atoms with Crippen LogP contribution in [0.5, 0.6) is 0 Å². The van der Waals surface area contributed by atoms with Crippen molar-refractivity contribution < 1.29 is 14.3 Å². The fourth-order valence-electron chi connectivity index (χ4n) is 2.93. The molecule has 4 atom stereocenters. The summed E-state index contributed by atoms with van der Waals surface area (Å²) in [6.45, 7) is 2.64. The molecular weight excluding hydrogens is 182 g/mol. The van der Waals surface area contributed by atoms with Gasteiger partial charge in [-0.3, -0.25) is 4.79 Å². The lowest BCUT2D eigenvalue weighted by molar-refractivity contribution is -0.162. The summed E-state index contributed by atoms with van der Waals surface area (Å²) in [6, 6.07) is 0. The summed E-state index contributed by atoms with van der Waals surface area (Å²) >= 11 is 0. The minimum Gasteiger partial charge on any atom is -0.469 e. The predicted molar refractivity (Wildman–Crippen MR) is 50.7 cm³/mol. The van der Waals surface area contributed by atoms with Gasteiger partial charge in [-0.1, -0.05) is 0 Å². The first-order valence-electron chi connectivity index (χ1n) is 5.07. The van der Waals surface area contributed by atoms with Gasteiger partial charge in [-0.2, -0.15) is 0 Å². The van der Waals surface area contributed by atoms with E-state index in [9.17, 15) is 4.79 Å². The second-order valence-electron chi connectivity index (χ2n) is 4.15. The first kappa shape index (κ1) is 9.93. The molecule has 1 saturated heterocycles. The number of carbonyl (C=O) groups is 1. The van der Waals surface area contributed by atoms with Crippen molar-refractivity contribution in [2.45, 2.75) is 0 Å². The van der Waals surface area contributed by atoms with Gasteiger partial charge < -0.3 is 14.8 Å². The van der Waals surface area contributed by atoms with E-state index in [-0.39, 0.29) is 11.9 Å². The van der Waals surface area contributed by atoms with Crippen molar-refractivity contribution in [2.24, 2.45) is 23.7 Å². The van der Waals surface area contributed by atoms with Crippen molar-refractivity contribution in [3.63, 3.8) is 0 Å². The molecule has 0 aromatic carbocycles. The molecule has 0 aromatic heterocycles. The third-order valence-corrected chi connectivity index (χ3v) is 3.61. The van der Waals surface area contributed by atoms with Crippen LogP contribution in [0.4, 0.5) is 0 Å². The van der Waals surface area contributed by atoms with Crippen molar-refractivity contribution in [1.82, 2.24) is 5.32 Å². The molecule has 0 radical (unpaired) electrons. The molecule has 1 heterocycles. The van der Waals surface area contributed by atoms with Gasteiger partial charge in [0, 0.05) is 13.0 Å². The maximum Gasteiger partial charge on any atom is 0.309 e. The summed E-state index contributed by atoms with van der Waals surface area (Å²) in [4.78, 5) is 11.5. The molecule has 1 aliphatic carbocycles. The lowest BCUT2D eigenvalue weighted by atomic mass is 9.58. The Morgan fingerprint density at radius 2 is 2.07 bits per heavy atom. The molecular formula is C10H17NO3. The van der Waals surface area contributed by atoms with Gasteiger partial charge in [0.1, 0.15) is 0 Å². The molecule has 4 nitrogen and oxygen atoms in total. The van der Waals surface area contributed by atoms with Crippen LogP contribution in [-0.4, -0.2) is 39.9 Å². The zero-order chi connectivity index (χ0) is 10.1. The van der Waals surface area contributed by atoms with Crippen LogP contribution in [0.15, 0.2) is 0 Å². The number of rotatable bonds is 3. The van der Waals surface area contributed by atoms with E-state index in [1.165, 1.54) is 7.11 Å². The van der Waals surface area contributed by atoms with Crippen molar-refractivity contribution in [1.29, 1.82) is 0 Å². The zero-order valence-electron chi connectivity index (χ0n) is 8.66. The molecule has 0 spiro atoms. The summed E-state index contributed by atoms with van der Waals surface area (Å²) in [6.07, 6.45) is 0. The van der Waals surface area contributed by atoms with Gasteiger partial charge in [0.25, 0.3) is 0 Å². The van der Waals surface area contributed by atoms with E-state index in [1.807, 2.05) is 0 Å². The minimum atomic E-state index is -0.0722. The van der Waals surface area contributed by atoms with E-state index in [4.69, 9.17) is 9.47 Å². The molecule has 0 unspecified atom stereocenters. The van der Waals surface area contributed by atoms with Gasteiger partial charge in [-0.05, 0) is 24.9 Å². The average Bonchev–Trinajstić information content (AvgIpc) is 2.58. The normalized spacial score (nSPS) is 40.1. The highest BCUT2D eigenvalue weighted by Gasteiger charge is 2.56. The van der Waals surface area contributed by atoms with Crippen molar-refractivity contribution in [3.8, 4) is 0 Å². The molecule has 2 rings (SSSR count). The quantitative estimate of drug-likeness (QED) is 0.644. The van der Waals surface area contributed by atoms with Gasteiger partial charge in [0.15, 0.2) is 0 Å². The topological polar surface area (TPSA) is 47.6 Å². The number of nitrogens with one attached hydrogen (secondary N) is 1. The van der Waals surface area contributed by atoms with Crippen LogP contribution in [0, 0.1) is 23.7 Å². The zero-order valence-corrected chi connectivity index (χ0v) is 8.66. The lowest BCUT2D eigenvalue weighted by Crippen LogP contribution is -2.52. The molecule has 0 aromatic rings. The second kappa shape index (κ2) is 3.87. The molecule has 1 N–H and O–H groups in total.